The van der Waals surface area contributed by atoms with Crippen molar-refractivity contribution >= 4 is 11.6 Å². The Bertz CT molecular complexity index is 180. The molecule has 68 valence electrons. The first-order valence-electron chi connectivity index (χ1n) is 4.82. The van der Waals surface area contributed by atoms with Crippen molar-refractivity contribution in [3.63, 3.8) is 0 Å². The van der Waals surface area contributed by atoms with Gasteiger partial charge in [0.2, 0.25) is 5.78 Å². The molecule has 1 aliphatic carbocycles. The van der Waals surface area contributed by atoms with Crippen molar-refractivity contribution in [2.75, 3.05) is 0 Å². The highest BCUT2D eigenvalue weighted by Crippen LogP contribution is 2.27. The van der Waals surface area contributed by atoms with Gasteiger partial charge in [0.1, 0.15) is 0 Å². The summed E-state index contributed by atoms with van der Waals surface area (Å²) in [6, 6.07) is 0. The van der Waals surface area contributed by atoms with Crippen LogP contribution in [0.3, 0.4) is 0 Å². The lowest BCUT2D eigenvalue weighted by Gasteiger charge is -2.22. The summed E-state index contributed by atoms with van der Waals surface area (Å²) in [5, 5.41) is 0. The second kappa shape index (κ2) is 4.39. The third kappa shape index (κ3) is 2.16. The number of carbonyl (C=O) groups excluding carboxylic acids is 2. The molecule has 0 saturated heterocycles. The van der Waals surface area contributed by atoms with Crippen LogP contribution >= 0.6 is 0 Å². The van der Waals surface area contributed by atoms with Crippen LogP contribution in [-0.4, -0.2) is 11.6 Å². The number of Topliss-reactive ketones (excluding diaryl/α,β-unsaturated/α-hetero) is 2. The second-order valence-corrected chi connectivity index (χ2v) is 3.52. The molecule has 2 nitrogen and oxygen atoms in total. The van der Waals surface area contributed by atoms with E-state index >= 15 is 0 Å². The highest BCUT2D eigenvalue weighted by atomic mass is 16.2. The molecule has 1 rings (SSSR count). The number of hydrogen-bond donors (Lipinski definition) is 0. The standard InChI is InChI=1S/C10H16O2/c1-2-3-7-9(11)10(12)8-5-4-6-8/h8H,2-7H2,1H3. The third-order valence-corrected chi connectivity index (χ3v) is 2.51. The van der Waals surface area contributed by atoms with Crippen LogP contribution in [0.15, 0.2) is 0 Å². The predicted molar refractivity (Wildman–Crippen MR) is 46.9 cm³/mol. The van der Waals surface area contributed by atoms with Crippen LogP contribution in [-0.2, 0) is 9.59 Å². The fourth-order valence-corrected chi connectivity index (χ4v) is 1.36. The van der Waals surface area contributed by atoms with E-state index in [2.05, 4.69) is 0 Å². The summed E-state index contributed by atoms with van der Waals surface area (Å²) in [6.07, 6.45) is 5.32. The van der Waals surface area contributed by atoms with E-state index in [0.717, 1.165) is 32.1 Å². The van der Waals surface area contributed by atoms with Crippen LogP contribution in [0.4, 0.5) is 0 Å². The Kier molecular flexibility index (Phi) is 3.45. The molecule has 0 aromatic heterocycles. The molecular formula is C10H16O2. The molecule has 0 N–H and O–H groups in total. The smallest absolute Gasteiger partial charge is 0.201 e. The first kappa shape index (κ1) is 9.43. The van der Waals surface area contributed by atoms with Gasteiger partial charge < -0.3 is 0 Å². The van der Waals surface area contributed by atoms with Crippen LogP contribution in [0.5, 0.6) is 0 Å². The first-order chi connectivity index (χ1) is 5.75. The molecule has 2 heteroatoms. The summed E-state index contributed by atoms with van der Waals surface area (Å²) >= 11 is 0. The Morgan fingerprint density at radius 2 is 2.00 bits per heavy atom. The van der Waals surface area contributed by atoms with Gasteiger partial charge in [-0.1, -0.05) is 19.8 Å². The van der Waals surface area contributed by atoms with E-state index in [9.17, 15) is 9.59 Å². The molecule has 0 aromatic rings. The molecule has 12 heavy (non-hydrogen) atoms. The zero-order valence-electron chi connectivity index (χ0n) is 7.64. The summed E-state index contributed by atoms with van der Waals surface area (Å²) in [6.45, 7) is 2.03. The monoisotopic (exact) mass is 168 g/mol. The number of hydrogen-bond acceptors (Lipinski definition) is 2. The summed E-state index contributed by atoms with van der Waals surface area (Å²) in [5.74, 6) is -0.148. The molecule has 0 bridgehead atoms. The van der Waals surface area contributed by atoms with Crippen LogP contribution < -0.4 is 0 Å². The normalized spacial score (nSPS) is 17.1. The summed E-state index contributed by atoms with van der Waals surface area (Å²) in [5.41, 5.74) is 0. The Balaban J connectivity index is 2.25. The molecule has 1 aliphatic rings. The highest BCUT2D eigenvalue weighted by molar-refractivity contribution is 6.38. The van der Waals surface area contributed by atoms with E-state index in [1.807, 2.05) is 6.92 Å². The fourth-order valence-electron chi connectivity index (χ4n) is 1.36. The van der Waals surface area contributed by atoms with Gasteiger partial charge in [-0.3, -0.25) is 9.59 Å². The van der Waals surface area contributed by atoms with Gasteiger partial charge >= 0.3 is 0 Å². The van der Waals surface area contributed by atoms with Crippen molar-refractivity contribution in [2.24, 2.45) is 5.92 Å². The molecule has 0 heterocycles. The van der Waals surface area contributed by atoms with Crippen LogP contribution in [0.25, 0.3) is 0 Å². The Morgan fingerprint density at radius 3 is 2.42 bits per heavy atom. The molecular weight excluding hydrogens is 152 g/mol. The van der Waals surface area contributed by atoms with Crippen molar-refractivity contribution in [3.8, 4) is 0 Å². The van der Waals surface area contributed by atoms with E-state index in [0.29, 0.717) is 6.42 Å². The van der Waals surface area contributed by atoms with E-state index in [4.69, 9.17) is 0 Å². The Hall–Kier alpha value is -0.660. The fraction of sp³-hybridized carbons (Fsp3) is 0.800. The molecule has 0 unspecified atom stereocenters. The number of unbranched alkanes of at least 4 members (excludes halogenated alkanes) is 1. The molecule has 0 aliphatic heterocycles. The van der Waals surface area contributed by atoms with Crippen molar-refractivity contribution in [1.82, 2.24) is 0 Å². The van der Waals surface area contributed by atoms with Gasteiger partial charge in [-0.2, -0.15) is 0 Å². The quantitative estimate of drug-likeness (QED) is 0.589. The lowest BCUT2D eigenvalue weighted by molar-refractivity contribution is -0.140. The maximum Gasteiger partial charge on any atom is 0.201 e. The van der Waals surface area contributed by atoms with Gasteiger partial charge in [-0.25, -0.2) is 0 Å². The second-order valence-electron chi connectivity index (χ2n) is 3.52. The van der Waals surface area contributed by atoms with Crippen LogP contribution in [0, 0.1) is 5.92 Å². The third-order valence-electron chi connectivity index (χ3n) is 2.51. The number of carbonyl (C=O) groups is 2. The number of ketones is 2. The van der Waals surface area contributed by atoms with Crippen molar-refractivity contribution in [1.29, 1.82) is 0 Å². The van der Waals surface area contributed by atoms with Gasteiger partial charge in [-0.15, -0.1) is 0 Å². The topological polar surface area (TPSA) is 34.1 Å². The van der Waals surface area contributed by atoms with Gasteiger partial charge in [0.25, 0.3) is 0 Å². The zero-order chi connectivity index (χ0) is 8.97. The molecule has 1 saturated carbocycles. The molecule has 1 fully saturated rings. The average Bonchev–Trinajstić information content (AvgIpc) is 1.96. The van der Waals surface area contributed by atoms with Crippen molar-refractivity contribution in [3.05, 3.63) is 0 Å². The molecule has 0 aromatic carbocycles. The maximum absolute atomic E-state index is 11.3. The average molecular weight is 168 g/mol. The van der Waals surface area contributed by atoms with Gasteiger partial charge in [-0.05, 0) is 19.3 Å². The molecule has 0 spiro atoms. The summed E-state index contributed by atoms with van der Waals surface area (Å²) in [7, 11) is 0. The van der Waals surface area contributed by atoms with Gasteiger partial charge in [0.05, 0.1) is 0 Å². The lowest BCUT2D eigenvalue weighted by atomic mass is 9.80. The lowest BCUT2D eigenvalue weighted by Crippen LogP contribution is -2.28. The minimum Gasteiger partial charge on any atom is -0.291 e. The highest BCUT2D eigenvalue weighted by Gasteiger charge is 2.29. The van der Waals surface area contributed by atoms with E-state index in [-0.39, 0.29) is 17.5 Å². The summed E-state index contributed by atoms with van der Waals surface area (Å²) in [4.78, 5) is 22.5. The Labute approximate surface area is 73.3 Å². The van der Waals surface area contributed by atoms with Gasteiger partial charge in [0, 0.05) is 12.3 Å². The van der Waals surface area contributed by atoms with Crippen LogP contribution in [0.1, 0.15) is 45.4 Å². The molecule has 0 amide bonds. The SMILES string of the molecule is CCCCC(=O)C(=O)C1CCC1. The first-order valence-corrected chi connectivity index (χ1v) is 4.82. The van der Waals surface area contributed by atoms with E-state index in [1.165, 1.54) is 0 Å². The van der Waals surface area contributed by atoms with Crippen LogP contribution in [0.2, 0.25) is 0 Å². The minimum absolute atomic E-state index is 0.0920. The summed E-state index contributed by atoms with van der Waals surface area (Å²) < 4.78 is 0. The van der Waals surface area contributed by atoms with E-state index in [1.54, 1.807) is 0 Å². The van der Waals surface area contributed by atoms with Crippen molar-refractivity contribution in [2.45, 2.75) is 45.4 Å². The zero-order valence-corrected chi connectivity index (χ0v) is 7.64. The molecule has 0 atom stereocenters. The largest absolute Gasteiger partial charge is 0.291 e. The number of rotatable bonds is 5. The Morgan fingerprint density at radius 1 is 1.33 bits per heavy atom. The minimum atomic E-state index is -0.137. The van der Waals surface area contributed by atoms with Gasteiger partial charge in [0.15, 0.2) is 5.78 Å². The van der Waals surface area contributed by atoms with Crippen molar-refractivity contribution < 1.29 is 9.59 Å². The molecule has 0 radical (unpaired) electrons. The van der Waals surface area contributed by atoms with E-state index < -0.39 is 0 Å². The maximum atomic E-state index is 11.3. The predicted octanol–water partition coefficient (Wildman–Crippen LogP) is 2.11.